The summed E-state index contributed by atoms with van der Waals surface area (Å²) in [5.41, 5.74) is 2.56. The average Bonchev–Trinajstić information content (AvgIpc) is 3.33. The molecule has 0 radical (unpaired) electrons. The summed E-state index contributed by atoms with van der Waals surface area (Å²) in [7, 11) is 1.72. The maximum Gasteiger partial charge on any atom is 0.191 e. The summed E-state index contributed by atoms with van der Waals surface area (Å²) in [6.45, 7) is 8.94. The normalized spacial score (nSPS) is 16.6. The lowest BCUT2D eigenvalue weighted by Gasteiger charge is -2.20. The molecule has 154 valence electrons. The number of anilines is 1. The van der Waals surface area contributed by atoms with Crippen LogP contribution in [0.2, 0.25) is 0 Å². The second-order valence-corrected chi connectivity index (χ2v) is 7.91. The third kappa shape index (κ3) is 6.27. The summed E-state index contributed by atoms with van der Waals surface area (Å²) in [5.74, 6) is 2.44. The highest BCUT2D eigenvalue weighted by Gasteiger charge is 2.23. The number of hydrogen-bond acceptors (Lipinski definition) is 4. The van der Waals surface area contributed by atoms with Crippen molar-refractivity contribution in [1.29, 1.82) is 0 Å². The van der Waals surface area contributed by atoms with Crippen LogP contribution in [0.3, 0.4) is 0 Å². The highest BCUT2D eigenvalue weighted by molar-refractivity contribution is 14.0. The Balaban J connectivity index is 0.00000280. The Hall–Kier alpha value is -1.48. The van der Waals surface area contributed by atoms with Gasteiger partial charge in [-0.05, 0) is 55.3 Å². The topological polar surface area (TPSA) is 48.9 Å². The van der Waals surface area contributed by atoms with Gasteiger partial charge in [0.2, 0.25) is 0 Å². The fourth-order valence-electron chi connectivity index (χ4n) is 3.34. The summed E-state index contributed by atoms with van der Waals surface area (Å²) in [6, 6.07) is 10.5. The van der Waals surface area contributed by atoms with Crippen LogP contribution in [0.5, 0.6) is 5.75 Å². The number of benzene rings is 1. The predicted octanol–water partition coefficient (Wildman–Crippen LogP) is 4.26. The zero-order valence-electron chi connectivity index (χ0n) is 16.9. The number of rotatable bonds is 7. The summed E-state index contributed by atoms with van der Waals surface area (Å²) in [5, 5.41) is 9.02. The number of aliphatic imine (C=N–C) groups is 1. The number of nitrogens with one attached hydrogen (secondary N) is 2. The number of guanidine groups is 1. The van der Waals surface area contributed by atoms with Gasteiger partial charge in [-0.2, -0.15) is 0 Å². The van der Waals surface area contributed by atoms with Gasteiger partial charge in [0, 0.05) is 42.8 Å². The molecule has 7 heteroatoms. The van der Waals surface area contributed by atoms with Crippen molar-refractivity contribution in [1.82, 2.24) is 10.6 Å². The van der Waals surface area contributed by atoms with Gasteiger partial charge in [-0.1, -0.05) is 6.07 Å². The molecule has 3 rings (SSSR count). The molecule has 2 aromatic rings. The molecular weight excluding hydrogens is 483 g/mol. The fraction of sp³-hybridized carbons (Fsp3) is 0.476. The van der Waals surface area contributed by atoms with E-state index in [1.54, 1.807) is 18.4 Å². The van der Waals surface area contributed by atoms with E-state index in [1.165, 1.54) is 22.5 Å². The standard InChI is InChI=1S/C21H30N4OS.HI/c1-4-22-21(24-14-20-16(2)9-11-27-20)23-13-17-8-10-25(15-17)18-6-5-7-19(12-18)26-3;/h5-7,9,11-12,17H,4,8,10,13-15H2,1-3H3,(H2,22,23,24);1H. The lowest BCUT2D eigenvalue weighted by atomic mass is 10.1. The van der Waals surface area contributed by atoms with Gasteiger partial charge in [0.1, 0.15) is 5.75 Å². The van der Waals surface area contributed by atoms with Crippen molar-refractivity contribution in [3.05, 3.63) is 46.2 Å². The number of ether oxygens (including phenoxy) is 1. The van der Waals surface area contributed by atoms with Crippen LogP contribution < -0.4 is 20.3 Å². The van der Waals surface area contributed by atoms with Gasteiger partial charge >= 0.3 is 0 Å². The lowest BCUT2D eigenvalue weighted by molar-refractivity contribution is 0.415. The smallest absolute Gasteiger partial charge is 0.191 e. The number of aryl methyl sites for hydroxylation is 1. The van der Waals surface area contributed by atoms with Crippen LogP contribution in [-0.2, 0) is 6.54 Å². The minimum Gasteiger partial charge on any atom is -0.497 e. The Kier molecular flexibility index (Phi) is 9.37. The lowest BCUT2D eigenvalue weighted by Crippen LogP contribution is -2.40. The van der Waals surface area contributed by atoms with E-state index in [9.17, 15) is 0 Å². The van der Waals surface area contributed by atoms with Crippen LogP contribution >= 0.6 is 35.3 Å². The zero-order valence-corrected chi connectivity index (χ0v) is 20.1. The van der Waals surface area contributed by atoms with E-state index in [2.05, 4.69) is 59.0 Å². The van der Waals surface area contributed by atoms with Crippen molar-refractivity contribution in [2.45, 2.75) is 26.8 Å². The molecule has 1 aliphatic heterocycles. The largest absolute Gasteiger partial charge is 0.497 e. The van der Waals surface area contributed by atoms with Gasteiger partial charge in [-0.15, -0.1) is 35.3 Å². The van der Waals surface area contributed by atoms with Gasteiger partial charge in [0.25, 0.3) is 0 Å². The van der Waals surface area contributed by atoms with Crippen molar-refractivity contribution >= 4 is 47.0 Å². The molecule has 0 saturated carbocycles. The minimum atomic E-state index is 0. The molecule has 1 aromatic carbocycles. The van der Waals surface area contributed by atoms with Gasteiger partial charge in [0.15, 0.2) is 5.96 Å². The Labute approximate surface area is 189 Å². The molecule has 1 unspecified atom stereocenters. The molecule has 28 heavy (non-hydrogen) atoms. The Morgan fingerprint density at radius 1 is 1.32 bits per heavy atom. The first kappa shape index (κ1) is 22.8. The van der Waals surface area contributed by atoms with E-state index in [4.69, 9.17) is 9.73 Å². The number of nitrogens with zero attached hydrogens (tertiary/aromatic N) is 2. The average molecular weight is 514 g/mol. The minimum absolute atomic E-state index is 0. The summed E-state index contributed by atoms with van der Waals surface area (Å²) < 4.78 is 5.35. The van der Waals surface area contributed by atoms with Gasteiger partial charge < -0.3 is 20.3 Å². The van der Waals surface area contributed by atoms with E-state index in [-0.39, 0.29) is 24.0 Å². The number of halogens is 1. The molecule has 1 saturated heterocycles. The molecule has 1 aromatic heterocycles. The number of thiophene rings is 1. The Morgan fingerprint density at radius 2 is 2.18 bits per heavy atom. The predicted molar refractivity (Wildman–Crippen MR) is 131 cm³/mol. The van der Waals surface area contributed by atoms with Crippen molar-refractivity contribution in [3.8, 4) is 5.75 Å². The van der Waals surface area contributed by atoms with Crippen LogP contribution in [-0.4, -0.2) is 39.2 Å². The van der Waals surface area contributed by atoms with Crippen molar-refractivity contribution < 1.29 is 4.74 Å². The molecule has 1 aliphatic rings. The number of methoxy groups -OCH3 is 1. The molecule has 2 N–H and O–H groups in total. The van der Waals surface area contributed by atoms with Crippen LogP contribution in [0.1, 0.15) is 23.8 Å². The van der Waals surface area contributed by atoms with E-state index in [1.807, 2.05) is 6.07 Å². The highest BCUT2D eigenvalue weighted by atomic mass is 127. The third-order valence-electron chi connectivity index (χ3n) is 4.96. The van der Waals surface area contributed by atoms with Crippen molar-refractivity contribution in [2.24, 2.45) is 10.9 Å². The molecule has 5 nitrogen and oxygen atoms in total. The fourth-order valence-corrected chi connectivity index (χ4v) is 4.17. The summed E-state index contributed by atoms with van der Waals surface area (Å²) >= 11 is 1.77. The second-order valence-electron chi connectivity index (χ2n) is 6.91. The molecule has 0 aliphatic carbocycles. The molecule has 0 bridgehead atoms. The zero-order chi connectivity index (χ0) is 19.1. The van der Waals surface area contributed by atoms with E-state index >= 15 is 0 Å². The molecule has 0 spiro atoms. The van der Waals surface area contributed by atoms with Gasteiger partial charge in [-0.3, -0.25) is 0 Å². The molecule has 1 fully saturated rings. The molecule has 2 heterocycles. The van der Waals surface area contributed by atoms with Crippen LogP contribution in [0.25, 0.3) is 0 Å². The van der Waals surface area contributed by atoms with Crippen molar-refractivity contribution in [3.63, 3.8) is 0 Å². The first-order valence-corrected chi connectivity index (χ1v) is 10.5. The second kappa shape index (κ2) is 11.5. The molecule has 1 atom stereocenters. The number of hydrogen-bond donors (Lipinski definition) is 2. The highest BCUT2D eigenvalue weighted by Crippen LogP contribution is 2.26. The maximum absolute atomic E-state index is 5.35. The first-order chi connectivity index (χ1) is 13.2. The van der Waals surface area contributed by atoms with Gasteiger partial charge in [0.05, 0.1) is 13.7 Å². The van der Waals surface area contributed by atoms with Crippen LogP contribution in [0.4, 0.5) is 5.69 Å². The summed E-state index contributed by atoms with van der Waals surface area (Å²) in [6.07, 6.45) is 1.19. The maximum atomic E-state index is 5.35. The molecule has 0 amide bonds. The van der Waals surface area contributed by atoms with E-state index in [0.717, 1.165) is 44.4 Å². The Morgan fingerprint density at radius 3 is 2.89 bits per heavy atom. The van der Waals surface area contributed by atoms with Crippen molar-refractivity contribution in [2.75, 3.05) is 38.2 Å². The first-order valence-electron chi connectivity index (χ1n) is 9.63. The summed E-state index contributed by atoms with van der Waals surface area (Å²) in [4.78, 5) is 8.52. The quantitative estimate of drug-likeness (QED) is 0.329. The van der Waals surface area contributed by atoms with E-state index < -0.39 is 0 Å². The Bertz CT molecular complexity index is 764. The van der Waals surface area contributed by atoms with Crippen LogP contribution in [0, 0.1) is 12.8 Å². The monoisotopic (exact) mass is 514 g/mol. The SMILES string of the molecule is CCNC(=NCc1sccc1C)NCC1CCN(c2cccc(OC)c2)C1.I. The third-order valence-corrected chi connectivity index (χ3v) is 5.96. The van der Waals surface area contributed by atoms with E-state index in [0.29, 0.717) is 5.92 Å². The molecular formula is C21H31IN4OS. The van der Waals surface area contributed by atoms with Crippen LogP contribution in [0.15, 0.2) is 40.7 Å². The van der Waals surface area contributed by atoms with Gasteiger partial charge in [-0.25, -0.2) is 4.99 Å².